The number of nitrogens with zero attached hydrogens (tertiary/aromatic N) is 2. The second kappa shape index (κ2) is 12.1. The number of carbonyl (C=O) groups excluding carboxylic acids is 2. The molecular formula is C28H32FN3O3S. The van der Waals surface area contributed by atoms with Crippen molar-refractivity contribution in [3.63, 3.8) is 0 Å². The van der Waals surface area contributed by atoms with E-state index >= 15 is 0 Å². The molecule has 0 spiro atoms. The van der Waals surface area contributed by atoms with Crippen LogP contribution in [0.25, 0.3) is 0 Å². The van der Waals surface area contributed by atoms with E-state index in [4.69, 9.17) is 4.74 Å². The van der Waals surface area contributed by atoms with Crippen LogP contribution in [0.2, 0.25) is 0 Å². The van der Waals surface area contributed by atoms with Crippen molar-refractivity contribution in [2.75, 3.05) is 25.0 Å². The van der Waals surface area contributed by atoms with Crippen molar-refractivity contribution in [1.29, 1.82) is 0 Å². The minimum absolute atomic E-state index is 0.0803. The van der Waals surface area contributed by atoms with Gasteiger partial charge in [-0.25, -0.2) is 9.18 Å². The number of ether oxygens (including phenoxy) is 1. The molecule has 0 radical (unpaired) electrons. The lowest BCUT2D eigenvalue weighted by molar-refractivity contribution is -0.133. The molecular weight excluding hydrogens is 477 g/mol. The van der Waals surface area contributed by atoms with E-state index in [0.717, 1.165) is 34.4 Å². The summed E-state index contributed by atoms with van der Waals surface area (Å²) in [6, 6.07) is 15.5. The molecule has 1 saturated heterocycles. The number of urea groups is 1. The van der Waals surface area contributed by atoms with E-state index in [1.54, 1.807) is 33.3 Å². The molecule has 1 aromatic heterocycles. The van der Waals surface area contributed by atoms with Gasteiger partial charge in [0.05, 0.1) is 12.6 Å². The topological polar surface area (TPSA) is 61.9 Å². The van der Waals surface area contributed by atoms with Crippen LogP contribution in [0.4, 0.5) is 14.9 Å². The van der Waals surface area contributed by atoms with Crippen LogP contribution >= 0.6 is 11.3 Å². The minimum Gasteiger partial charge on any atom is -0.376 e. The summed E-state index contributed by atoms with van der Waals surface area (Å²) in [7, 11) is 0. The van der Waals surface area contributed by atoms with Gasteiger partial charge in [0.1, 0.15) is 12.4 Å². The maximum Gasteiger partial charge on any atom is 0.322 e. The third-order valence-corrected chi connectivity index (χ3v) is 7.25. The van der Waals surface area contributed by atoms with Gasteiger partial charge in [0.2, 0.25) is 5.91 Å². The van der Waals surface area contributed by atoms with Crippen molar-refractivity contribution in [2.24, 2.45) is 0 Å². The average molecular weight is 510 g/mol. The predicted octanol–water partition coefficient (Wildman–Crippen LogP) is 5.75. The van der Waals surface area contributed by atoms with E-state index in [2.05, 4.69) is 5.32 Å². The quantitative estimate of drug-likeness (QED) is 0.400. The molecule has 2 aromatic carbocycles. The Morgan fingerprint density at radius 2 is 1.86 bits per heavy atom. The van der Waals surface area contributed by atoms with Crippen LogP contribution in [-0.2, 0) is 22.6 Å². The summed E-state index contributed by atoms with van der Waals surface area (Å²) < 4.78 is 19.2. The summed E-state index contributed by atoms with van der Waals surface area (Å²) in [5, 5.41) is 4.92. The van der Waals surface area contributed by atoms with Crippen molar-refractivity contribution < 1.29 is 18.7 Å². The van der Waals surface area contributed by atoms with Gasteiger partial charge in [-0.2, -0.15) is 0 Å². The number of amides is 3. The highest BCUT2D eigenvalue weighted by atomic mass is 32.1. The fourth-order valence-corrected chi connectivity index (χ4v) is 4.89. The molecule has 190 valence electrons. The smallest absolute Gasteiger partial charge is 0.322 e. The van der Waals surface area contributed by atoms with Crippen molar-refractivity contribution in [2.45, 2.75) is 45.9 Å². The van der Waals surface area contributed by atoms with Gasteiger partial charge in [-0.15, -0.1) is 11.3 Å². The van der Waals surface area contributed by atoms with Crippen LogP contribution in [0.5, 0.6) is 0 Å². The monoisotopic (exact) mass is 509 g/mol. The fourth-order valence-electron chi connectivity index (χ4n) is 4.17. The van der Waals surface area contributed by atoms with Gasteiger partial charge in [0.15, 0.2) is 0 Å². The van der Waals surface area contributed by atoms with Crippen molar-refractivity contribution in [3.05, 3.63) is 87.4 Å². The predicted molar refractivity (Wildman–Crippen MR) is 140 cm³/mol. The van der Waals surface area contributed by atoms with Crippen LogP contribution < -0.4 is 5.32 Å². The standard InChI is InChI=1S/C28H32FN3O3S/c1-20-7-12-24(15-21(20)2)30-28(34)32(17-25-5-3-13-35-25)19-27(33)31(18-26-6-4-14-36-26)16-22-8-10-23(29)11-9-22/h4,6-12,14-15,25H,3,5,13,16-19H2,1-2H3,(H,30,34). The molecule has 1 unspecified atom stereocenters. The van der Waals surface area contributed by atoms with E-state index in [1.165, 1.54) is 12.1 Å². The average Bonchev–Trinajstić information content (AvgIpc) is 3.56. The first-order valence-corrected chi connectivity index (χ1v) is 13.0. The second-order valence-corrected chi connectivity index (χ2v) is 10.2. The summed E-state index contributed by atoms with van der Waals surface area (Å²) in [5.41, 5.74) is 3.74. The van der Waals surface area contributed by atoms with E-state index in [9.17, 15) is 14.0 Å². The Balaban J connectivity index is 1.51. The number of carbonyl (C=O) groups is 2. The third-order valence-electron chi connectivity index (χ3n) is 6.39. The molecule has 0 saturated carbocycles. The number of nitrogens with one attached hydrogen (secondary N) is 1. The summed E-state index contributed by atoms with van der Waals surface area (Å²) >= 11 is 1.57. The summed E-state index contributed by atoms with van der Waals surface area (Å²) in [6.07, 6.45) is 1.71. The van der Waals surface area contributed by atoms with Crippen LogP contribution in [0.3, 0.4) is 0 Å². The van der Waals surface area contributed by atoms with Crippen LogP contribution in [-0.4, -0.2) is 47.5 Å². The third kappa shape index (κ3) is 7.15. The van der Waals surface area contributed by atoms with Crippen LogP contribution in [0.15, 0.2) is 60.0 Å². The Morgan fingerprint density at radius 3 is 2.53 bits per heavy atom. The van der Waals surface area contributed by atoms with E-state index in [0.29, 0.717) is 31.9 Å². The zero-order valence-corrected chi connectivity index (χ0v) is 21.5. The molecule has 8 heteroatoms. The number of thiophene rings is 1. The summed E-state index contributed by atoms with van der Waals surface area (Å²) in [5.74, 6) is -0.499. The number of benzene rings is 2. The molecule has 2 heterocycles. The fraction of sp³-hybridized carbons (Fsp3) is 0.357. The molecule has 1 N–H and O–H groups in total. The zero-order valence-electron chi connectivity index (χ0n) is 20.7. The lowest BCUT2D eigenvalue weighted by Crippen LogP contribution is -2.46. The molecule has 0 bridgehead atoms. The molecule has 3 aromatic rings. The molecule has 1 atom stereocenters. The van der Waals surface area contributed by atoms with Gasteiger partial charge in [-0.1, -0.05) is 24.3 Å². The van der Waals surface area contributed by atoms with Gasteiger partial charge >= 0.3 is 6.03 Å². The van der Waals surface area contributed by atoms with Gasteiger partial charge < -0.3 is 19.9 Å². The number of anilines is 1. The first kappa shape index (κ1) is 25.9. The molecule has 1 aliphatic heterocycles. The molecule has 6 nitrogen and oxygen atoms in total. The number of rotatable bonds is 9. The van der Waals surface area contributed by atoms with E-state index in [-0.39, 0.29) is 30.4 Å². The number of hydrogen-bond donors (Lipinski definition) is 1. The highest BCUT2D eigenvalue weighted by Crippen LogP contribution is 2.19. The molecule has 0 aliphatic carbocycles. The molecule has 36 heavy (non-hydrogen) atoms. The van der Waals surface area contributed by atoms with Gasteiger partial charge in [0, 0.05) is 30.3 Å². The first-order valence-electron chi connectivity index (χ1n) is 12.2. The van der Waals surface area contributed by atoms with Crippen molar-refractivity contribution in [3.8, 4) is 0 Å². The Labute approximate surface area is 215 Å². The largest absolute Gasteiger partial charge is 0.376 e. The normalized spacial score (nSPS) is 15.0. The van der Waals surface area contributed by atoms with Gasteiger partial charge in [-0.3, -0.25) is 4.79 Å². The zero-order chi connectivity index (χ0) is 25.5. The SMILES string of the molecule is Cc1ccc(NC(=O)N(CC(=O)N(Cc2ccc(F)cc2)Cc2cccs2)CC2CCCO2)cc1C. The van der Waals surface area contributed by atoms with Crippen molar-refractivity contribution in [1.82, 2.24) is 9.80 Å². The number of halogens is 1. The summed E-state index contributed by atoms with van der Waals surface area (Å²) in [6.45, 7) is 5.68. The van der Waals surface area contributed by atoms with Crippen molar-refractivity contribution >= 4 is 29.0 Å². The Kier molecular flexibility index (Phi) is 8.72. The molecule has 4 rings (SSSR count). The maximum absolute atomic E-state index is 13.6. The lowest BCUT2D eigenvalue weighted by Gasteiger charge is -2.29. The van der Waals surface area contributed by atoms with Gasteiger partial charge in [-0.05, 0) is 79.1 Å². The first-order chi connectivity index (χ1) is 17.4. The lowest BCUT2D eigenvalue weighted by atomic mass is 10.1. The highest BCUT2D eigenvalue weighted by molar-refractivity contribution is 7.09. The Hall–Kier alpha value is -3.23. The van der Waals surface area contributed by atoms with Gasteiger partial charge in [0.25, 0.3) is 0 Å². The van der Waals surface area contributed by atoms with E-state index in [1.807, 2.05) is 49.6 Å². The maximum atomic E-state index is 13.6. The molecule has 3 amide bonds. The van der Waals surface area contributed by atoms with Crippen LogP contribution in [0, 0.1) is 19.7 Å². The Bertz CT molecular complexity index is 1160. The minimum atomic E-state index is -0.333. The second-order valence-electron chi connectivity index (χ2n) is 9.20. The molecule has 1 fully saturated rings. The van der Waals surface area contributed by atoms with E-state index < -0.39 is 0 Å². The number of aryl methyl sites for hydroxylation is 2. The summed E-state index contributed by atoms with van der Waals surface area (Å²) in [4.78, 5) is 31.2. The van der Waals surface area contributed by atoms with Crippen LogP contribution in [0.1, 0.15) is 34.4 Å². The number of hydrogen-bond acceptors (Lipinski definition) is 4. The highest BCUT2D eigenvalue weighted by Gasteiger charge is 2.27. The Morgan fingerprint density at radius 1 is 1.06 bits per heavy atom. The molecule has 1 aliphatic rings.